The molecule has 0 saturated heterocycles. The lowest BCUT2D eigenvalue weighted by molar-refractivity contribution is 0.185. The van der Waals surface area contributed by atoms with Crippen molar-refractivity contribution in [1.82, 2.24) is 4.90 Å². The van der Waals surface area contributed by atoms with Gasteiger partial charge in [-0.15, -0.1) is 0 Å². The molecule has 0 unspecified atom stereocenters. The molecular weight excluding hydrogens is 364 g/mol. The topological polar surface area (TPSA) is 29.3 Å². The number of benzene rings is 4. The van der Waals surface area contributed by atoms with Gasteiger partial charge in [0.05, 0.1) is 12.1 Å². The largest absolute Gasteiger partial charge is 0.329 e. The minimum atomic E-state index is 0.0985. The molecule has 0 saturated carbocycles. The van der Waals surface area contributed by atoms with Crippen LogP contribution >= 0.6 is 0 Å². The fraction of sp³-hybridized carbons (Fsp3) is 0.143. The number of rotatable bonds is 8. The van der Waals surface area contributed by atoms with Crippen LogP contribution in [0.4, 0.5) is 0 Å². The average molecular weight is 393 g/mol. The molecule has 0 aliphatic rings. The normalized spacial score (nSPS) is 11.3. The van der Waals surface area contributed by atoms with Crippen molar-refractivity contribution in [2.45, 2.75) is 12.1 Å². The molecule has 4 aromatic rings. The number of hydrogen-bond donors (Lipinski definition) is 1. The molecule has 2 nitrogen and oxygen atoms in total. The van der Waals surface area contributed by atoms with E-state index in [0.29, 0.717) is 6.54 Å². The van der Waals surface area contributed by atoms with E-state index < -0.39 is 0 Å². The van der Waals surface area contributed by atoms with Gasteiger partial charge in [-0.2, -0.15) is 0 Å². The first-order valence-corrected chi connectivity index (χ1v) is 10.5. The summed E-state index contributed by atoms with van der Waals surface area (Å²) in [5.41, 5.74) is 11.3. The van der Waals surface area contributed by atoms with Gasteiger partial charge in [0.2, 0.25) is 0 Å². The van der Waals surface area contributed by atoms with Crippen molar-refractivity contribution in [2.24, 2.45) is 5.73 Å². The summed E-state index contributed by atoms with van der Waals surface area (Å²) in [4.78, 5) is 2.54. The van der Waals surface area contributed by atoms with Crippen molar-refractivity contribution in [3.63, 3.8) is 0 Å². The van der Waals surface area contributed by atoms with Crippen LogP contribution in [0.3, 0.4) is 0 Å². The van der Waals surface area contributed by atoms with Gasteiger partial charge in [-0.3, -0.25) is 4.90 Å². The van der Waals surface area contributed by atoms with Crippen LogP contribution in [0.2, 0.25) is 0 Å². The van der Waals surface area contributed by atoms with Crippen molar-refractivity contribution in [2.75, 3.05) is 13.1 Å². The van der Waals surface area contributed by atoms with Crippen LogP contribution in [0.5, 0.6) is 0 Å². The van der Waals surface area contributed by atoms with Gasteiger partial charge < -0.3 is 5.73 Å². The summed E-state index contributed by atoms with van der Waals surface area (Å²) in [5, 5.41) is 0. The Morgan fingerprint density at radius 1 is 0.467 bits per heavy atom. The first-order chi connectivity index (χ1) is 14.9. The van der Waals surface area contributed by atoms with Crippen molar-refractivity contribution in [1.29, 1.82) is 0 Å². The molecule has 0 amide bonds. The Labute approximate surface area is 179 Å². The van der Waals surface area contributed by atoms with Gasteiger partial charge >= 0.3 is 0 Å². The lowest BCUT2D eigenvalue weighted by Gasteiger charge is -2.39. The third-order valence-electron chi connectivity index (χ3n) is 5.51. The van der Waals surface area contributed by atoms with Crippen molar-refractivity contribution in [3.8, 4) is 0 Å². The maximum atomic E-state index is 6.18. The molecule has 150 valence electrons. The first-order valence-electron chi connectivity index (χ1n) is 10.5. The highest BCUT2D eigenvalue weighted by Crippen LogP contribution is 2.38. The molecule has 0 aliphatic carbocycles. The van der Waals surface area contributed by atoms with Crippen molar-refractivity contribution in [3.05, 3.63) is 144 Å². The van der Waals surface area contributed by atoms with Crippen LogP contribution < -0.4 is 5.73 Å². The third-order valence-corrected chi connectivity index (χ3v) is 5.51. The zero-order valence-electron chi connectivity index (χ0n) is 17.1. The molecule has 4 aromatic carbocycles. The molecule has 4 rings (SSSR count). The van der Waals surface area contributed by atoms with E-state index in [1.54, 1.807) is 0 Å². The van der Waals surface area contributed by atoms with E-state index in [9.17, 15) is 0 Å². The highest BCUT2D eigenvalue weighted by Gasteiger charge is 2.30. The molecule has 0 atom stereocenters. The second-order valence-electron chi connectivity index (χ2n) is 7.47. The Hall–Kier alpha value is -3.20. The smallest absolute Gasteiger partial charge is 0.0610 e. The third kappa shape index (κ3) is 4.51. The zero-order valence-corrected chi connectivity index (χ0v) is 17.1. The minimum Gasteiger partial charge on any atom is -0.329 e. The maximum absolute atomic E-state index is 6.18. The van der Waals surface area contributed by atoms with Gasteiger partial charge in [-0.1, -0.05) is 121 Å². The molecule has 2 N–H and O–H groups in total. The van der Waals surface area contributed by atoms with Gasteiger partial charge in [0, 0.05) is 13.1 Å². The molecule has 0 aromatic heterocycles. The van der Waals surface area contributed by atoms with E-state index in [0.717, 1.165) is 6.54 Å². The standard InChI is InChI=1S/C28H28N2/c29-21-22-30(27(23-13-5-1-6-14-23)24-15-7-2-8-16-24)28(25-17-9-3-10-18-25)26-19-11-4-12-20-26/h1-20,27-28H,21-22,29H2. The summed E-state index contributed by atoms with van der Waals surface area (Å²) in [6.45, 7) is 1.37. The van der Waals surface area contributed by atoms with Crippen molar-refractivity contribution < 1.29 is 0 Å². The fourth-order valence-electron chi connectivity index (χ4n) is 4.25. The van der Waals surface area contributed by atoms with E-state index in [4.69, 9.17) is 5.73 Å². The molecule has 30 heavy (non-hydrogen) atoms. The summed E-state index contributed by atoms with van der Waals surface area (Å²) in [6.07, 6.45) is 0. The highest BCUT2D eigenvalue weighted by molar-refractivity contribution is 5.37. The summed E-state index contributed by atoms with van der Waals surface area (Å²) in [6, 6.07) is 43.2. The van der Waals surface area contributed by atoms with Crippen LogP contribution in [0, 0.1) is 0 Å². The summed E-state index contributed by atoms with van der Waals surface area (Å²) in [5.74, 6) is 0. The molecule has 0 bridgehead atoms. The van der Waals surface area contributed by atoms with Gasteiger partial charge in [0.25, 0.3) is 0 Å². The van der Waals surface area contributed by atoms with Crippen LogP contribution in [0.25, 0.3) is 0 Å². The molecule has 0 spiro atoms. The van der Waals surface area contributed by atoms with Crippen molar-refractivity contribution >= 4 is 0 Å². The lowest BCUT2D eigenvalue weighted by Crippen LogP contribution is -2.38. The predicted molar refractivity (Wildman–Crippen MR) is 125 cm³/mol. The molecule has 0 radical (unpaired) electrons. The molecule has 2 heteroatoms. The van der Waals surface area contributed by atoms with E-state index in [2.05, 4.69) is 126 Å². The number of hydrogen-bond acceptors (Lipinski definition) is 2. The van der Waals surface area contributed by atoms with E-state index in [1.165, 1.54) is 22.3 Å². The van der Waals surface area contributed by atoms with Gasteiger partial charge in [-0.05, 0) is 22.3 Å². The fourth-order valence-corrected chi connectivity index (χ4v) is 4.25. The number of nitrogens with two attached hydrogens (primary N) is 1. The average Bonchev–Trinajstić information content (AvgIpc) is 2.82. The molecule has 0 aliphatic heterocycles. The molecule has 0 heterocycles. The monoisotopic (exact) mass is 392 g/mol. The predicted octanol–water partition coefficient (Wildman–Crippen LogP) is 5.83. The maximum Gasteiger partial charge on any atom is 0.0610 e. The Balaban J connectivity index is 1.89. The Morgan fingerprint density at radius 3 is 0.967 bits per heavy atom. The second kappa shape index (κ2) is 10.0. The Bertz CT molecular complexity index is 839. The van der Waals surface area contributed by atoms with Gasteiger partial charge in [0.1, 0.15) is 0 Å². The zero-order chi connectivity index (χ0) is 20.6. The van der Waals surface area contributed by atoms with Gasteiger partial charge in [0.15, 0.2) is 0 Å². The van der Waals surface area contributed by atoms with Crippen LogP contribution in [0.15, 0.2) is 121 Å². The molecular formula is C28H28N2. The Morgan fingerprint density at radius 2 is 0.733 bits per heavy atom. The summed E-state index contributed by atoms with van der Waals surface area (Å²) < 4.78 is 0. The van der Waals surface area contributed by atoms with E-state index in [1.807, 2.05) is 0 Å². The quantitative estimate of drug-likeness (QED) is 0.409. The van der Waals surface area contributed by atoms with Gasteiger partial charge in [-0.25, -0.2) is 0 Å². The molecule has 0 fully saturated rings. The first kappa shape index (κ1) is 20.1. The lowest BCUT2D eigenvalue weighted by atomic mass is 9.90. The SMILES string of the molecule is NCCN(C(c1ccccc1)c1ccccc1)C(c1ccccc1)c1ccccc1. The number of nitrogens with zero attached hydrogens (tertiary/aromatic N) is 1. The van der Waals surface area contributed by atoms with Crippen LogP contribution in [-0.2, 0) is 0 Å². The van der Waals surface area contributed by atoms with E-state index in [-0.39, 0.29) is 12.1 Å². The second-order valence-corrected chi connectivity index (χ2v) is 7.47. The summed E-state index contributed by atoms with van der Waals surface area (Å²) >= 11 is 0. The van der Waals surface area contributed by atoms with E-state index >= 15 is 0 Å². The van der Waals surface area contributed by atoms with Crippen LogP contribution in [0.1, 0.15) is 34.3 Å². The minimum absolute atomic E-state index is 0.0985. The highest BCUT2D eigenvalue weighted by atomic mass is 15.2. The summed E-state index contributed by atoms with van der Waals surface area (Å²) in [7, 11) is 0. The van der Waals surface area contributed by atoms with Crippen LogP contribution in [-0.4, -0.2) is 18.0 Å². The Kier molecular flexibility index (Phi) is 6.71.